The highest BCUT2D eigenvalue weighted by Gasteiger charge is 2.40. The van der Waals surface area contributed by atoms with Crippen LogP contribution in [-0.2, 0) is 20.8 Å². The van der Waals surface area contributed by atoms with Crippen molar-refractivity contribution >= 4 is 23.6 Å². The molecule has 9 heteroatoms. The summed E-state index contributed by atoms with van der Waals surface area (Å²) in [5.74, 6) is -5.56. The Morgan fingerprint density at radius 2 is 1.62 bits per heavy atom. The molecule has 2 unspecified atom stereocenters. The van der Waals surface area contributed by atoms with E-state index in [1.165, 1.54) is 12.1 Å². The van der Waals surface area contributed by atoms with Crippen LogP contribution in [0.1, 0.15) is 35.2 Å². The van der Waals surface area contributed by atoms with E-state index >= 15 is 0 Å². The molecule has 1 saturated heterocycles. The van der Waals surface area contributed by atoms with Crippen molar-refractivity contribution < 1.29 is 33.1 Å². The topological polar surface area (TPSA) is 104 Å². The summed E-state index contributed by atoms with van der Waals surface area (Å²) in [5.41, 5.74) is 0.915. The van der Waals surface area contributed by atoms with Crippen molar-refractivity contribution in [3.8, 4) is 0 Å². The lowest BCUT2D eigenvalue weighted by atomic mass is 9.90. The second-order valence-electron chi connectivity index (χ2n) is 8.21. The van der Waals surface area contributed by atoms with Gasteiger partial charge >= 0.3 is 5.97 Å². The first-order valence-corrected chi connectivity index (χ1v) is 11.0. The summed E-state index contributed by atoms with van der Waals surface area (Å²) >= 11 is 0. The predicted molar refractivity (Wildman–Crippen MR) is 119 cm³/mol. The molecule has 7 nitrogen and oxygen atoms in total. The number of Topliss-reactive ketones (excluding diaryl/α,β-unsaturated/α-hetero) is 1. The third kappa shape index (κ3) is 6.24. The Morgan fingerprint density at radius 3 is 2.21 bits per heavy atom. The van der Waals surface area contributed by atoms with E-state index in [0.717, 1.165) is 4.90 Å². The van der Waals surface area contributed by atoms with E-state index < -0.39 is 54.4 Å². The van der Waals surface area contributed by atoms with E-state index in [0.29, 0.717) is 12.0 Å². The first kappa shape index (κ1) is 25.0. The number of ketones is 1. The number of carbonyl (C=O) groups excluding carboxylic acids is 3. The van der Waals surface area contributed by atoms with Gasteiger partial charge in [-0.2, -0.15) is 0 Å². The number of carboxylic acid groups (broad SMARTS) is 1. The van der Waals surface area contributed by atoms with Crippen LogP contribution >= 0.6 is 0 Å². The maximum atomic E-state index is 14.0. The van der Waals surface area contributed by atoms with Gasteiger partial charge in [0.25, 0.3) is 5.91 Å². The average Bonchev–Trinajstić information content (AvgIpc) is 3.33. The van der Waals surface area contributed by atoms with E-state index in [4.69, 9.17) is 0 Å². The summed E-state index contributed by atoms with van der Waals surface area (Å²) < 4.78 is 28.0. The molecule has 2 aromatic carbocycles. The molecule has 2 aromatic rings. The van der Waals surface area contributed by atoms with Gasteiger partial charge in [-0.25, -0.2) is 13.6 Å². The fourth-order valence-electron chi connectivity index (χ4n) is 4.10. The van der Waals surface area contributed by atoms with Crippen molar-refractivity contribution in [3.05, 3.63) is 71.8 Å². The standard InChI is InChI=1S/C25H26F2N2O5/c26-23(27)18(15-21(30)29-13-7-12-20(29)25(33)34)22(31)19(14-16-8-3-1-4-9-16)28-24(32)17-10-5-2-6-11-17/h1-6,8-11,18-20,23H,7,12-15H2,(H,28,32)(H,33,34)/t18?,19?,20-/m0/s1. The number of amides is 2. The number of halogens is 2. The second kappa shape index (κ2) is 11.5. The van der Waals surface area contributed by atoms with Crippen LogP contribution in [-0.4, -0.2) is 58.6 Å². The van der Waals surface area contributed by atoms with Gasteiger partial charge < -0.3 is 15.3 Å². The van der Waals surface area contributed by atoms with Gasteiger partial charge in [0, 0.05) is 18.5 Å². The van der Waals surface area contributed by atoms with Crippen LogP contribution in [0.15, 0.2) is 60.7 Å². The van der Waals surface area contributed by atoms with Crippen LogP contribution in [0.2, 0.25) is 0 Å². The molecule has 1 aliphatic heterocycles. The van der Waals surface area contributed by atoms with E-state index in [1.54, 1.807) is 48.5 Å². The number of nitrogens with zero attached hydrogens (tertiary/aromatic N) is 1. The lowest BCUT2D eigenvalue weighted by molar-refractivity contribution is -0.149. The highest BCUT2D eigenvalue weighted by atomic mass is 19.3. The number of carbonyl (C=O) groups is 4. The molecular weight excluding hydrogens is 446 g/mol. The molecule has 0 aromatic heterocycles. The van der Waals surface area contributed by atoms with Crippen LogP contribution in [0.4, 0.5) is 8.78 Å². The Hall–Kier alpha value is -3.62. The number of aliphatic carboxylic acids is 1. The van der Waals surface area contributed by atoms with Crippen molar-refractivity contribution in [3.63, 3.8) is 0 Å². The van der Waals surface area contributed by atoms with E-state index in [-0.39, 0.29) is 24.9 Å². The van der Waals surface area contributed by atoms with E-state index in [1.807, 2.05) is 0 Å². The molecule has 3 rings (SSSR count). The lowest BCUT2D eigenvalue weighted by Crippen LogP contribution is -2.48. The van der Waals surface area contributed by atoms with Crippen molar-refractivity contribution in [2.24, 2.45) is 5.92 Å². The van der Waals surface area contributed by atoms with Crippen LogP contribution in [0.5, 0.6) is 0 Å². The first-order chi connectivity index (χ1) is 16.3. The molecule has 0 spiro atoms. The molecule has 2 amide bonds. The van der Waals surface area contributed by atoms with E-state index in [2.05, 4.69) is 5.32 Å². The third-order valence-electron chi connectivity index (χ3n) is 5.89. The number of nitrogens with one attached hydrogen (secondary N) is 1. The zero-order chi connectivity index (χ0) is 24.7. The minimum atomic E-state index is -3.16. The number of carboxylic acids is 1. The molecule has 2 N–H and O–H groups in total. The fourth-order valence-corrected chi connectivity index (χ4v) is 4.10. The van der Waals surface area contributed by atoms with Gasteiger partial charge in [0.15, 0.2) is 5.78 Å². The predicted octanol–water partition coefficient (Wildman–Crippen LogP) is 2.94. The monoisotopic (exact) mass is 472 g/mol. The molecule has 0 saturated carbocycles. The normalized spacial score (nSPS) is 17.3. The number of hydrogen-bond donors (Lipinski definition) is 2. The maximum absolute atomic E-state index is 14.0. The molecule has 0 radical (unpaired) electrons. The Balaban J connectivity index is 1.81. The Labute approximate surface area is 195 Å². The summed E-state index contributed by atoms with van der Waals surface area (Å²) in [4.78, 5) is 51.1. The summed E-state index contributed by atoms with van der Waals surface area (Å²) in [6.45, 7) is 0.137. The Bertz CT molecular complexity index is 1020. The minimum Gasteiger partial charge on any atom is -0.480 e. The van der Waals surface area contributed by atoms with Crippen molar-refractivity contribution in [1.82, 2.24) is 10.2 Å². The zero-order valence-corrected chi connectivity index (χ0v) is 18.4. The van der Waals surface area contributed by atoms with Crippen LogP contribution in [0, 0.1) is 5.92 Å². The van der Waals surface area contributed by atoms with Crippen LogP contribution in [0.3, 0.4) is 0 Å². The molecule has 3 atom stereocenters. The lowest BCUT2D eigenvalue weighted by Gasteiger charge is -2.26. The Kier molecular flexibility index (Phi) is 8.45. The fraction of sp³-hybridized carbons (Fsp3) is 0.360. The highest BCUT2D eigenvalue weighted by Crippen LogP contribution is 2.24. The molecule has 1 aliphatic rings. The molecule has 1 heterocycles. The summed E-state index contributed by atoms with van der Waals surface area (Å²) in [5, 5.41) is 11.8. The summed E-state index contributed by atoms with van der Waals surface area (Å²) in [6.07, 6.45) is -3.34. The van der Waals surface area contributed by atoms with Gasteiger partial charge in [-0.05, 0) is 37.0 Å². The van der Waals surface area contributed by atoms with Crippen LogP contribution in [0.25, 0.3) is 0 Å². The molecule has 34 heavy (non-hydrogen) atoms. The summed E-state index contributed by atoms with van der Waals surface area (Å²) in [7, 11) is 0. The quantitative estimate of drug-likeness (QED) is 0.554. The largest absolute Gasteiger partial charge is 0.480 e. The second-order valence-corrected chi connectivity index (χ2v) is 8.21. The molecule has 1 fully saturated rings. The average molecular weight is 472 g/mol. The van der Waals surface area contributed by atoms with E-state index in [9.17, 15) is 33.1 Å². The molecule has 0 bridgehead atoms. The number of likely N-dealkylation sites (tertiary alicyclic amines) is 1. The van der Waals surface area contributed by atoms with Gasteiger partial charge in [-0.1, -0.05) is 48.5 Å². The number of hydrogen-bond acceptors (Lipinski definition) is 4. The number of alkyl halides is 2. The van der Waals surface area contributed by atoms with Crippen molar-refractivity contribution in [2.75, 3.05) is 6.54 Å². The van der Waals surface area contributed by atoms with Gasteiger partial charge in [-0.3, -0.25) is 14.4 Å². The smallest absolute Gasteiger partial charge is 0.326 e. The third-order valence-corrected chi connectivity index (χ3v) is 5.89. The first-order valence-electron chi connectivity index (χ1n) is 11.0. The van der Waals surface area contributed by atoms with Gasteiger partial charge in [0.05, 0.1) is 12.0 Å². The maximum Gasteiger partial charge on any atom is 0.326 e. The number of benzene rings is 2. The molecule has 0 aliphatic carbocycles. The van der Waals surface area contributed by atoms with Gasteiger partial charge in [0.2, 0.25) is 12.3 Å². The van der Waals surface area contributed by atoms with Crippen molar-refractivity contribution in [2.45, 2.75) is 44.2 Å². The van der Waals surface area contributed by atoms with Gasteiger partial charge in [0.1, 0.15) is 6.04 Å². The minimum absolute atomic E-state index is 0.0306. The zero-order valence-electron chi connectivity index (χ0n) is 18.4. The van der Waals surface area contributed by atoms with Crippen molar-refractivity contribution in [1.29, 1.82) is 0 Å². The van der Waals surface area contributed by atoms with Crippen LogP contribution < -0.4 is 5.32 Å². The summed E-state index contributed by atoms with van der Waals surface area (Å²) in [6, 6.07) is 14.3. The highest BCUT2D eigenvalue weighted by molar-refractivity contribution is 5.99. The Morgan fingerprint density at radius 1 is 1.00 bits per heavy atom. The SMILES string of the molecule is O=C(NC(Cc1ccccc1)C(=O)C(CC(=O)N1CCC[C@H]1C(=O)O)C(F)F)c1ccccc1. The van der Waals surface area contributed by atoms with Gasteiger partial charge in [-0.15, -0.1) is 0 Å². The molecule has 180 valence electrons. The molecular formula is C25H26F2N2O5. The number of rotatable bonds is 10.